The van der Waals surface area contributed by atoms with Gasteiger partial charge in [0.05, 0.1) is 5.92 Å². The third-order valence-electron chi connectivity index (χ3n) is 3.34. The zero-order chi connectivity index (χ0) is 11.1. The van der Waals surface area contributed by atoms with Crippen molar-refractivity contribution in [2.75, 3.05) is 6.54 Å². The minimum atomic E-state index is 0.0242. The predicted molar refractivity (Wildman–Crippen MR) is 63.4 cm³/mol. The summed E-state index contributed by atoms with van der Waals surface area (Å²) >= 11 is 0. The maximum Gasteiger partial charge on any atom is 0.227 e. The fraction of sp³-hybridized carbons (Fsp3) is 0.308. The number of amides is 1. The van der Waals surface area contributed by atoms with Gasteiger partial charge in [0, 0.05) is 23.1 Å². The lowest BCUT2D eigenvalue weighted by molar-refractivity contribution is -0.120. The Bertz CT molecular complexity index is 556. The lowest BCUT2D eigenvalue weighted by Crippen LogP contribution is -2.18. The molecule has 2 aromatic rings. The van der Waals surface area contributed by atoms with Crippen molar-refractivity contribution in [2.45, 2.75) is 19.3 Å². The van der Waals surface area contributed by atoms with Crippen LogP contribution in [0.2, 0.25) is 0 Å². The van der Waals surface area contributed by atoms with Gasteiger partial charge in [0.2, 0.25) is 5.91 Å². The minimum absolute atomic E-state index is 0.0242. The Labute approximate surface area is 93.9 Å². The lowest BCUT2D eigenvalue weighted by atomic mass is 9.95. The number of carbonyl (C=O) groups is 1. The van der Waals surface area contributed by atoms with Crippen molar-refractivity contribution in [3.63, 3.8) is 0 Å². The first-order chi connectivity index (χ1) is 7.77. The number of carbonyl (C=O) groups excluding carboxylic acids is 1. The molecule has 0 bridgehead atoms. The van der Waals surface area contributed by atoms with E-state index in [1.807, 2.05) is 19.1 Å². The molecule has 0 radical (unpaired) electrons. The number of fused-ring (bicyclic) bond motifs is 1. The van der Waals surface area contributed by atoms with E-state index < -0.39 is 0 Å². The van der Waals surface area contributed by atoms with E-state index in [4.69, 9.17) is 0 Å². The van der Waals surface area contributed by atoms with Crippen LogP contribution < -0.4 is 5.32 Å². The summed E-state index contributed by atoms with van der Waals surface area (Å²) in [6.45, 7) is 2.84. The van der Waals surface area contributed by atoms with Crippen LogP contribution in [-0.2, 0) is 4.79 Å². The fourth-order valence-electron chi connectivity index (χ4n) is 2.62. The number of rotatable bonds is 1. The van der Waals surface area contributed by atoms with Gasteiger partial charge in [0.25, 0.3) is 0 Å². The number of para-hydroxylation sites is 1. The van der Waals surface area contributed by atoms with Crippen LogP contribution in [0.5, 0.6) is 0 Å². The van der Waals surface area contributed by atoms with Crippen LogP contribution in [-0.4, -0.2) is 17.4 Å². The number of nitrogens with one attached hydrogen (secondary N) is 2. The van der Waals surface area contributed by atoms with Gasteiger partial charge in [-0.3, -0.25) is 4.79 Å². The summed E-state index contributed by atoms with van der Waals surface area (Å²) in [6, 6.07) is 8.17. The molecule has 1 amide bonds. The molecule has 3 rings (SSSR count). The van der Waals surface area contributed by atoms with Crippen LogP contribution >= 0.6 is 0 Å². The van der Waals surface area contributed by atoms with Gasteiger partial charge in [-0.25, -0.2) is 0 Å². The molecule has 1 aliphatic rings. The van der Waals surface area contributed by atoms with Crippen molar-refractivity contribution in [1.82, 2.24) is 10.3 Å². The maximum atomic E-state index is 11.7. The van der Waals surface area contributed by atoms with Crippen LogP contribution in [0.4, 0.5) is 0 Å². The standard InChI is InChI=1S/C13H14N2O/c1-8-12(10-6-7-14-13(10)16)9-4-2-3-5-11(9)15-8/h2-5,10,15H,6-7H2,1H3,(H,14,16). The van der Waals surface area contributed by atoms with Crippen LogP contribution in [0.15, 0.2) is 24.3 Å². The second kappa shape index (κ2) is 3.37. The van der Waals surface area contributed by atoms with Crippen LogP contribution in [0, 0.1) is 6.92 Å². The highest BCUT2D eigenvalue weighted by atomic mass is 16.2. The fourth-order valence-corrected chi connectivity index (χ4v) is 2.62. The van der Waals surface area contributed by atoms with Gasteiger partial charge in [0.1, 0.15) is 0 Å². The van der Waals surface area contributed by atoms with E-state index in [-0.39, 0.29) is 11.8 Å². The van der Waals surface area contributed by atoms with Crippen LogP contribution in [0.1, 0.15) is 23.6 Å². The zero-order valence-corrected chi connectivity index (χ0v) is 9.21. The zero-order valence-electron chi connectivity index (χ0n) is 9.21. The van der Waals surface area contributed by atoms with E-state index in [9.17, 15) is 4.79 Å². The highest BCUT2D eigenvalue weighted by molar-refractivity contribution is 5.94. The van der Waals surface area contributed by atoms with Gasteiger partial charge in [-0.05, 0) is 25.0 Å². The highest BCUT2D eigenvalue weighted by Crippen LogP contribution is 2.32. The van der Waals surface area contributed by atoms with Crippen molar-refractivity contribution in [3.05, 3.63) is 35.5 Å². The van der Waals surface area contributed by atoms with E-state index in [2.05, 4.69) is 22.4 Å². The Morgan fingerprint density at radius 3 is 2.88 bits per heavy atom. The topological polar surface area (TPSA) is 44.9 Å². The Hall–Kier alpha value is -1.77. The second-order valence-corrected chi connectivity index (χ2v) is 4.34. The monoisotopic (exact) mass is 214 g/mol. The van der Waals surface area contributed by atoms with E-state index in [1.54, 1.807) is 0 Å². The molecule has 1 saturated heterocycles. The molecule has 0 aliphatic carbocycles. The average molecular weight is 214 g/mol. The van der Waals surface area contributed by atoms with Crippen molar-refractivity contribution < 1.29 is 4.79 Å². The van der Waals surface area contributed by atoms with Gasteiger partial charge >= 0.3 is 0 Å². The smallest absolute Gasteiger partial charge is 0.227 e. The molecule has 1 aliphatic heterocycles. The first-order valence-electron chi connectivity index (χ1n) is 5.62. The normalized spacial score (nSPS) is 20.3. The highest BCUT2D eigenvalue weighted by Gasteiger charge is 2.29. The van der Waals surface area contributed by atoms with Crippen LogP contribution in [0.3, 0.4) is 0 Å². The number of hydrogen-bond donors (Lipinski definition) is 2. The molecule has 3 heteroatoms. The Kier molecular flexibility index (Phi) is 1.99. The molecule has 2 heterocycles. The lowest BCUT2D eigenvalue weighted by Gasteiger charge is -2.06. The summed E-state index contributed by atoms with van der Waals surface area (Å²) in [5.41, 5.74) is 3.41. The van der Waals surface area contributed by atoms with E-state index >= 15 is 0 Å². The summed E-state index contributed by atoms with van der Waals surface area (Å²) < 4.78 is 0. The molecule has 1 atom stereocenters. The van der Waals surface area contributed by atoms with Gasteiger partial charge in [-0.1, -0.05) is 18.2 Å². The number of aromatic amines is 1. The summed E-state index contributed by atoms with van der Waals surface area (Å²) in [5.74, 6) is 0.184. The molecule has 0 saturated carbocycles. The minimum Gasteiger partial charge on any atom is -0.358 e. The molecule has 1 aromatic carbocycles. The number of H-pyrrole nitrogens is 1. The van der Waals surface area contributed by atoms with E-state index in [0.29, 0.717) is 0 Å². The molecule has 3 nitrogen and oxygen atoms in total. The molecule has 82 valence electrons. The maximum absolute atomic E-state index is 11.7. The first kappa shape index (κ1) is 9.46. The SMILES string of the molecule is Cc1[nH]c2ccccc2c1C1CCNC1=O. The molecule has 1 fully saturated rings. The second-order valence-electron chi connectivity index (χ2n) is 4.34. The van der Waals surface area contributed by atoms with Crippen LogP contribution in [0.25, 0.3) is 10.9 Å². The third kappa shape index (κ3) is 1.24. The average Bonchev–Trinajstić information content (AvgIpc) is 2.81. The Balaban J connectivity index is 2.22. The van der Waals surface area contributed by atoms with Crippen molar-refractivity contribution in [3.8, 4) is 0 Å². The molecule has 1 unspecified atom stereocenters. The molecular formula is C13H14N2O. The summed E-state index contributed by atoms with van der Waals surface area (Å²) in [7, 11) is 0. The molecule has 2 N–H and O–H groups in total. The molecular weight excluding hydrogens is 200 g/mol. The molecule has 0 spiro atoms. The number of benzene rings is 1. The molecule has 16 heavy (non-hydrogen) atoms. The predicted octanol–water partition coefficient (Wildman–Crippen LogP) is 2.08. The van der Waals surface area contributed by atoms with Gasteiger partial charge < -0.3 is 10.3 Å². The van der Waals surface area contributed by atoms with E-state index in [0.717, 1.165) is 24.2 Å². The Morgan fingerprint density at radius 2 is 2.12 bits per heavy atom. The quantitative estimate of drug-likeness (QED) is 0.750. The number of hydrogen-bond acceptors (Lipinski definition) is 1. The van der Waals surface area contributed by atoms with Crippen molar-refractivity contribution >= 4 is 16.8 Å². The third-order valence-corrected chi connectivity index (χ3v) is 3.34. The summed E-state index contributed by atoms with van der Waals surface area (Å²) in [6.07, 6.45) is 0.904. The number of aryl methyl sites for hydroxylation is 1. The van der Waals surface area contributed by atoms with Crippen molar-refractivity contribution in [1.29, 1.82) is 0 Å². The summed E-state index contributed by atoms with van der Waals surface area (Å²) in [5, 5.41) is 4.08. The first-order valence-corrected chi connectivity index (χ1v) is 5.62. The Morgan fingerprint density at radius 1 is 1.31 bits per heavy atom. The number of aromatic nitrogens is 1. The summed E-state index contributed by atoms with van der Waals surface area (Å²) in [4.78, 5) is 15.1. The van der Waals surface area contributed by atoms with Gasteiger partial charge in [0.15, 0.2) is 0 Å². The molecule has 1 aromatic heterocycles. The van der Waals surface area contributed by atoms with Gasteiger partial charge in [-0.2, -0.15) is 0 Å². The van der Waals surface area contributed by atoms with Gasteiger partial charge in [-0.15, -0.1) is 0 Å². The van der Waals surface area contributed by atoms with E-state index in [1.165, 1.54) is 10.9 Å². The largest absolute Gasteiger partial charge is 0.358 e. The van der Waals surface area contributed by atoms with Crippen molar-refractivity contribution in [2.24, 2.45) is 0 Å².